The highest BCUT2D eigenvalue weighted by molar-refractivity contribution is 6.64. The van der Waals surface area contributed by atoms with Crippen molar-refractivity contribution in [3.05, 3.63) is 76.9 Å². The van der Waals surface area contributed by atoms with Crippen LogP contribution in [0.4, 0.5) is 24.8 Å². The summed E-state index contributed by atoms with van der Waals surface area (Å²) in [5, 5.41) is 2.95. The SMILES string of the molecule is NC(=O)Cc1ccccc1CCc1nc(Nc2ccc(C3CCN(BC=O)CC3)nc2)ncc1C(F)(F)F. The van der Waals surface area contributed by atoms with Crippen LogP contribution in [0.5, 0.6) is 0 Å². The summed E-state index contributed by atoms with van der Waals surface area (Å²) < 4.78 is 41.0. The second-order valence-electron chi connectivity index (χ2n) is 9.30. The van der Waals surface area contributed by atoms with E-state index in [9.17, 15) is 22.8 Å². The number of halogens is 3. The predicted molar refractivity (Wildman–Crippen MR) is 139 cm³/mol. The molecule has 0 unspecified atom stereocenters. The monoisotopic (exact) mass is 524 g/mol. The van der Waals surface area contributed by atoms with Gasteiger partial charge in [-0.25, -0.2) is 9.97 Å². The van der Waals surface area contributed by atoms with E-state index in [1.807, 2.05) is 6.07 Å². The van der Waals surface area contributed by atoms with Crippen LogP contribution in [0.3, 0.4) is 0 Å². The summed E-state index contributed by atoms with van der Waals surface area (Å²) in [7, 11) is 0.442. The quantitative estimate of drug-likeness (QED) is 0.309. The van der Waals surface area contributed by atoms with E-state index in [-0.39, 0.29) is 30.9 Å². The molecule has 0 aliphatic carbocycles. The smallest absolute Gasteiger partial charge is 0.369 e. The van der Waals surface area contributed by atoms with E-state index in [4.69, 9.17) is 5.73 Å². The molecule has 0 atom stereocenters. The highest BCUT2D eigenvalue weighted by Crippen LogP contribution is 2.32. The summed E-state index contributed by atoms with van der Waals surface area (Å²) in [6.45, 7) is 1.67. The van der Waals surface area contributed by atoms with Crippen LogP contribution < -0.4 is 11.1 Å². The highest BCUT2D eigenvalue weighted by atomic mass is 19.4. The van der Waals surface area contributed by atoms with Crippen LogP contribution in [0.2, 0.25) is 0 Å². The summed E-state index contributed by atoms with van der Waals surface area (Å²) in [4.78, 5) is 36.8. The molecule has 0 radical (unpaired) electrons. The van der Waals surface area contributed by atoms with E-state index in [0.717, 1.165) is 49.6 Å². The molecular weight excluding hydrogens is 496 g/mol. The average molecular weight is 524 g/mol. The van der Waals surface area contributed by atoms with Gasteiger partial charge in [-0.1, -0.05) is 24.3 Å². The molecule has 1 aliphatic rings. The van der Waals surface area contributed by atoms with Gasteiger partial charge < -0.3 is 20.7 Å². The van der Waals surface area contributed by atoms with Crippen LogP contribution in [-0.2, 0) is 35.0 Å². The van der Waals surface area contributed by atoms with Crippen molar-refractivity contribution >= 4 is 31.1 Å². The van der Waals surface area contributed by atoms with Gasteiger partial charge in [-0.15, -0.1) is 0 Å². The zero-order valence-electron chi connectivity index (χ0n) is 20.7. The Kier molecular flexibility index (Phi) is 8.72. The predicted octanol–water partition coefficient (Wildman–Crippen LogP) is 3.17. The van der Waals surface area contributed by atoms with Crippen molar-refractivity contribution in [2.75, 3.05) is 18.4 Å². The van der Waals surface area contributed by atoms with E-state index in [2.05, 4.69) is 25.1 Å². The number of hydrogen-bond acceptors (Lipinski definition) is 7. The van der Waals surface area contributed by atoms with Crippen molar-refractivity contribution in [1.82, 2.24) is 19.8 Å². The van der Waals surface area contributed by atoms with Crippen LogP contribution >= 0.6 is 0 Å². The molecule has 0 saturated carbocycles. The molecule has 3 heterocycles. The van der Waals surface area contributed by atoms with E-state index in [1.54, 1.807) is 36.5 Å². The molecule has 3 N–H and O–H groups in total. The van der Waals surface area contributed by atoms with Crippen molar-refractivity contribution in [3.8, 4) is 0 Å². The van der Waals surface area contributed by atoms with E-state index in [1.165, 1.54) is 0 Å². The number of piperidine rings is 1. The number of aromatic nitrogens is 3. The minimum Gasteiger partial charge on any atom is -0.369 e. The Morgan fingerprint density at radius 1 is 1.08 bits per heavy atom. The van der Waals surface area contributed by atoms with Crippen LogP contribution in [-0.4, -0.2) is 52.4 Å². The largest absolute Gasteiger partial charge is 0.419 e. The van der Waals surface area contributed by atoms with Gasteiger partial charge in [0.1, 0.15) is 0 Å². The van der Waals surface area contributed by atoms with Crippen molar-refractivity contribution < 1.29 is 22.8 Å². The summed E-state index contributed by atoms with van der Waals surface area (Å²) in [5.74, 6) is -0.182. The average Bonchev–Trinajstić information content (AvgIpc) is 2.88. The second kappa shape index (κ2) is 12.2. The standard InChI is InChI=1S/C26H28BF3N6O2/c28-26(29,30)21-15-33-25(35-23(21)7-5-17-3-1-2-4-19(17)13-24(31)38)34-20-6-8-22(32-14-20)18-9-11-36(12-10-18)27-16-37/h1-4,6,8,14-16,18,27H,5,7,9-13H2,(H2,31,38)(H,33,34,35). The van der Waals surface area contributed by atoms with Crippen molar-refractivity contribution in [2.24, 2.45) is 5.73 Å². The first-order chi connectivity index (χ1) is 18.2. The van der Waals surface area contributed by atoms with Crippen molar-refractivity contribution in [1.29, 1.82) is 0 Å². The lowest BCUT2D eigenvalue weighted by Crippen LogP contribution is -2.36. The minimum atomic E-state index is -4.61. The lowest BCUT2D eigenvalue weighted by atomic mass is 9.86. The molecule has 1 aliphatic heterocycles. The topological polar surface area (TPSA) is 114 Å². The number of nitrogens with zero attached hydrogens (tertiary/aromatic N) is 4. The number of nitrogens with two attached hydrogens (primary N) is 1. The maximum Gasteiger partial charge on any atom is 0.419 e. The molecule has 1 amide bonds. The second-order valence-corrected chi connectivity index (χ2v) is 9.30. The Hall–Kier alpha value is -3.80. The van der Waals surface area contributed by atoms with Gasteiger partial charge in [-0.3, -0.25) is 9.78 Å². The Morgan fingerprint density at radius 3 is 2.45 bits per heavy atom. The molecule has 12 heteroatoms. The van der Waals surface area contributed by atoms with Gasteiger partial charge in [0, 0.05) is 17.8 Å². The van der Waals surface area contributed by atoms with Gasteiger partial charge in [0.2, 0.25) is 11.9 Å². The van der Waals surface area contributed by atoms with Crippen molar-refractivity contribution in [3.63, 3.8) is 0 Å². The lowest BCUT2D eigenvalue weighted by Gasteiger charge is -2.30. The zero-order valence-corrected chi connectivity index (χ0v) is 20.7. The molecule has 3 aromatic rings. The first kappa shape index (κ1) is 27.2. The van der Waals surface area contributed by atoms with Gasteiger partial charge in [0.05, 0.1) is 35.7 Å². The molecular formula is C26H28BF3N6O2. The normalized spacial score (nSPS) is 14.7. The molecule has 2 aromatic heterocycles. The number of carbonyl (C=O) groups excluding carboxylic acids is 2. The summed E-state index contributed by atoms with van der Waals surface area (Å²) in [6, 6.07) is 10.7. The van der Waals surface area contributed by atoms with Gasteiger partial charge in [0.25, 0.3) is 7.41 Å². The van der Waals surface area contributed by atoms with Crippen LogP contribution in [0.1, 0.15) is 46.8 Å². The Balaban J connectivity index is 1.47. The van der Waals surface area contributed by atoms with Gasteiger partial charge in [-0.05, 0) is 62.0 Å². The fourth-order valence-corrected chi connectivity index (χ4v) is 4.69. The number of nitrogens with one attached hydrogen (secondary N) is 1. The molecule has 8 nitrogen and oxygen atoms in total. The zero-order chi connectivity index (χ0) is 27.1. The minimum absolute atomic E-state index is 0.00179. The summed E-state index contributed by atoms with van der Waals surface area (Å²) in [6.07, 6.45) is 0.792. The first-order valence-corrected chi connectivity index (χ1v) is 12.4. The number of amides is 1. The number of pyridine rings is 1. The highest BCUT2D eigenvalue weighted by Gasteiger charge is 2.35. The molecule has 198 valence electrons. The molecule has 1 fully saturated rings. The third-order valence-electron chi connectivity index (χ3n) is 6.67. The van der Waals surface area contributed by atoms with E-state index < -0.39 is 17.6 Å². The number of anilines is 2. The van der Waals surface area contributed by atoms with Gasteiger partial charge in [0.15, 0.2) is 0 Å². The lowest BCUT2D eigenvalue weighted by molar-refractivity contribution is -0.138. The third-order valence-corrected chi connectivity index (χ3v) is 6.67. The number of benzene rings is 1. The molecule has 0 spiro atoms. The maximum atomic E-state index is 13.7. The molecule has 4 rings (SSSR count). The molecule has 0 bridgehead atoms. The number of hydrogen-bond donors (Lipinski definition) is 2. The summed E-state index contributed by atoms with van der Waals surface area (Å²) in [5.41, 5.74) is 7.18. The fourth-order valence-electron chi connectivity index (χ4n) is 4.69. The van der Waals surface area contributed by atoms with Crippen LogP contribution in [0, 0.1) is 0 Å². The maximum absolute atomic E-state index is 13.7. The molecule has 1 saturated heterocycles. The Morgan fingerprint density at radius 2 is 1.82 bits per heavy atom. The van der Waals surface area contributed by atoms with Gasteiger partial charge in [-0.2, -0.15) is 13.2 Å². The van der Waals surface area contributed by atoms with Crippen molar-refractivity contribution in [2.45, 2.75) is 44.2 Å². The number of aryl methyl sites for hydroxylation is 2. The van der Waals surface area contributed by atoms with Gasteiger partial charge >= 0.3 is 6.18 Å². The number of carbonyl (C=O) groups is 2. The Labute approximate surface area is 219 Å². The summed E-state index contributed by atoms with van der Waals surface area (Å²) >= 11 is 0. The Bertz CT molecular complexity index is 1260. The molecule has 1 aromatic carbocycles. The number of alkyl halides is 3. The van der Waals surface area contributed by atoms with E-state index in [0.29, 0.717) is 24.6 Å². The fraction of sp³-hybridized carbons (Fsp3) is 0.346. The molecule has 38 heavy (non-hydrogen) atoms. The number of primary amides is 1. The van der Waals surface area contributed by atoms with E-state index >= 15 is 0 Å². The number of rotatable bonds is 10. The first-order valence-electron chi connectivity index (χ1n) is 12.4. The van der Waals surface area contributed by atoms with Crippen LogP contribution in [0.15, 0.2) is 48.8 Å². The van der Waals surface area contributed by atoms with Crippen LogP contribution in [0.25, 0.3) is 0 Å². The third kappa shape index (κ3) is 7.15.